The molecule has 106 valence electrons. The summed E-state index contributed by atoms with van der Waals surface area (Å²) in [5.41, 5.74) is 5.39. The van der Waals surface area contributed by atoms with E-state index in [-0.39, 0.29) is 17.1 Å². The number of pyridine rings is 1. The van der Waals surface area contributed by atoms with Crippen LogP contribution in [0.5, 0.6) is 0 Å². The molecule has 1 atom stereocenters. The van der Waals surface area contributed by atoms with Crippen molar-refractivity contribution in [3.63, 3.8) is 0 Å². The zero-order valence-electron chi connectivity index (χ0n) is 10.7. The summed E-state index contributed by atoms with van der Waals surface area (Å²) < 4.78 is 26.1. The van der Waals surface area contributed by atoms with Crippen LogP contribution in [0.2, 0.25) is 0 Å². The van der Waals surface area contributed by atoms with Gasteiger partial charge in [0, 0.05) is 19.3 Å². The van der Waals surface area contributed by atoms with Crippen LogP contribution in [0.1, 0.15) is 18.5 Å². The molecule has 0 bridgehead atoms. The van der Waals surface area contributed by atoms with E-state index in [4.69, 9.17) is 11.0 Å². The zero-order valence-corrected chi connectivity index (χ0v) is 11.5. The van der Waals surface area contributed by atoms with E-state index in [1.165, 1.54) is 16.4 Å². The first-order valence-electron chi connectivity index (χ1n) is 6.11. The fourth-order valence-electron chi connectivity index (χ4n) is 2.14. The van der Waals surface area contributed by atoms with Gasteiger partial charge in [-0.15, -0.1) is 0 Å². The smallest absolute Gasteiger partial charge is 0.244 e. The number of carbonyl (C=O) groups excluding carboxylic acids is 1. The highest BCUT2D eigenvalue weighted by Gasteiger charge is 2.32. The van der Waals surface area contributed by atoms with Crippen molar-refractivity contribution in [1.29, 1.82) is 5.26 Å². The highest BCUT2D eigenvalue weighted by Crippen LogP contribution is 2.23. The first kappa shape index (κ1) is 14.4. The molecule has 1 fully saturated rings. The second-order valence-corrected chi connectivity index (χ2v) is 6.53. The molecule has 8 heteroatoms. The lowest BCUT2D eigenvalue weighted by Crippen LogP contribution is -2.44. The van der Waals surface area contributed by atoms with Crippen molar-refractivity contribution in [2.24, 2.45) is 11.7 Å². The fourth-order valence-corrected chi connectivity index (χ4v) is 3.61. The number of nitrogens with zero attached hydrogens (tertiary/aromatic N) is 3. The molecule has 1 aromatic heterocycles. The summed E-state index contributed by atoms with van der Waals surface area (Å²) in [5.74, 6) is -0.937. The van der Waals surface area contributed by atoms with Crippen LogP contribution in [-0.2, 0) is 14.8 Å². The van der Waals surface area contributed by atoms with Gasteiger partial charge in [0.05, 0.1) is 5.92 Å². The molecule has 1 saturated heterocycles. The topological polar surface area (TPSA) is 117 Å². The van der Waals surface area contributed by atoms with E-state index in [0.29, 0.717) is 19.4 Å². The quantitative estimate of drug-likeness (QED) is 0.831. The first-order chi connectivity index (χ1) is 9.45. The maximum absolute atomic E-state index is 12.4. The number of hydrogen-bond donors (Lipinski definition) is 1. The molecule has 0 radical (unpaired) electrons. The minimum atomic E-state index is -3.70. The van der Waals surface area contributed by atoms with Crippen molar-refractivity contribution in [2.45, 2.75) is 17.7 Å². The lowest BCUT2D eigenvalue weighted by atomic mass is 9.99. The lowest BCUT2D eigenvalue weighted by molar-refractivity contribution is -0.122. The fraction of sp³-hybridized carbons (Fsp3) is 0.417. The minimum Gasteiger partial charge on any atom is -0.369 e. The maximum atomic E-state index is 12.4. The standard InChI is InChI=1S/C12H14N4O3S/c13-6-10-3-4-11(7-15-10)20(18,19)16-5-1-2-9(8-16)12(14)17/h3-4,7,9H,1-2,5,8H2,(H2,14,17). The van der Waals surface area contributed by atoms with Gasteiger partial charge in [-0.05, 0) is 25.0 Å². The van der Waals surface area contributed by atoms with Crippen molar-refractivity contribution in [1.82, 2.24) is 9.29 Å². The summed E-state index contributed by atoms with van der Waals surface area (Å²) >= 11 is 0. The molecule has 0 saturated carbocycles. The Morgan fingerprint density at radius 3 is 2.80 bits per heavy atom. The Balaban J connectivity index is 2.25. The Kier molecular flexibility index (Phi) is 4.01. The Labute approximate surface area is 117 Å². The number of piperidine rings is 1. The van der Waals surface area contributed by atoms with Crippen molar-refractivity contribution < 1.29 is 13.2 Å². The molecule has 7 nitrogen and oxygen atoms in total. The van der Waals surface area contributed by atoms with Crippen LogP contribution < -0.4 is 5.73 Å². The van der Waals surface area contributed by atoms with Gasteiger partial charge in [0.25, 0.3) is 0 Å². The highest BCUT2D eigenvalue weighted by atomic mass is 32.2. The third-order valence-corrected chi connectivity index (χ3v) is 5.12. The molecule has 1 aliphatic rings. The third-order valence-electron chi connectivity index (χ3n) is 3.28. The van der Waals surface area contributed by atoms with Crippen molar-refractivity contribution in [3.8, 4) is 6.07 Å². The summed E-state index contributed by atoms with van der Waals surface area (Å²) in [6, 6.07) is 4.52. The Bertz CT molecular complexity index is 648. The van der Waals surface area contributed by atoms with Crippen LogP contribution in [0.3, 0.4) is 0 Å². The van der Waals surface area contributed by atoms with E-state index in [0.717, 1.165) is 6.20 Å². The Morgan fingerprint density at radius 2 is 2.25 bits per heavy atom. The number of aromatic nitrogens is 1. The SMILES string of the molecule is N#Cc1ccc(S(=O)(=O)N2CCCC(C(N)=O)C2)cn1. The largest absolute Gasteiger partial charge is 0.369 e. The molecule has 1 amide bonds. The number of nitrogens with two attached hydrogens (primary N) is 1. The van der Waals surface area contributed by atoms with Crippen LogP contribution in [-0.4, -0.2) is 36.7 Å². The molecule has 2 rings (SSSR count). The number of nitriles is 1. The van der Waals surface area contributed by atoms with Gasteiger partial charge in [-0.2, -0.15) is 9.57 Å². The molecule has 20 heavy (non-hydrogen) atoms. The molecule has 2 heterocycles. The second-order valence-electron chi connectivity index (χ2n) is 4.60. The molecule has 0 spiro atoms. The predicted molar refractivity (Wildman–Crippen MR) is 69.6 cm³/mol. The Hall–Kier alpha value is -1.98. The summed E-state index contributed by atoms with van der Waals surface area (Å²) in [7, 11) is -3.70. The van der Waals surface area contributed by atoms with E-state index >= 15 is 0 Å². The normalized spacial score (nSPS) is 20.2. The number of primary amides is 1. The molecular weight excluding hydrogens is 280 g/mol. The summed E-state index contributed by atoms with van der Waals surface area (Å²) in [5, 5.41) is 8.65. The monoisotopic (exact) mass is 294 g/mol. The van der Waals surface area contributed by atoms with Gasteiger partial charge < -0.3 is 5.73 Å². The van der Waals surface area contributed by atoms with Gasteiger partial charge in [-0.1, -0.05) is 0 Å². The second kappa shape index (κ2) is 5.56. The number of sulfonamides is 1. The molecule has 2 N–H and O–H groups in total. The first-order valence-corrected chi connectivity index (χ1v) is 7.55. The number of amides is 1. The predicted octanol–water partition coefficient (Wildman–Crippen LogP) is -0.161. The van der Waals surface area contributed by atoms with E-state index in [2.05, 4.69) is 4.98 Å². The number of carbonyl (C=O) groups is 1. The molecule has 0 aliphatic carbocycles. The van der Waals surface area contributed by atoms with Crippen LogP contribution in [0, 0.1) is 17.2 Å². The average Bonchev–Trinajstić information content (AvgIpc) is 2.47. The van der Waals surface area contributed by atoms with Gasteiger partial charge in [0.2, 0.25) is 15.9 Å². The van der Waals surface area contributed by atoms with Gasteiger partial charge >= 0.3 is 0 Å². The lowest BCUT2D eigenvalue weighted by Gasteiger charge is -2.30. The van der Waals surface area contributed by atoms with Crippen molar-refractivity contribution in [2.75, 3.05) is 13.1 Å². The van der Waals surface area contributed by atoms with Crippen LogP contribution in [0.4, 0.5) is 0 Å². The van der Waals surface area contributed by atoms with E-state index in [1.54, 1.807) is 0 Å². The van der Waals surface area contributed by atoms with Crippen LogP contribution in [0.25, 0.3) is 0 Å². The van der Waals surface area contributed by atoms with E-state index in [9.17, 15) is 13.2 Å². The minimum absolute atomic E-state index is 0.0154. The number of hydrogen-bond acceptors (Lipinski definition) is 5. The van der Waals surface area contributed by atoms with Gasteiger partial charge in [0.1, 0.15) is 16.7 Å². The zero-order chi connectivity index (χ0) is 14.8. The summed E-state index contributed by atoms with van der Waals surface area (Å²) in [4.78, 5) is 15.0. The average molecular weight is 294 g/mol. The third kappa shape index (κ3) is 2.79. The molecule has 1 aromatic rings. The van der Waals surface area contributed by atoms with Gasteiger partial charge in [-0.3, -0.25) is 4.79 Å². The van der Waals surface area contributed by atoms with Gasteiger partial charge in [0.15, 0.2) is 0 Å². The molecule has 1 aliphatic heterocycles. The van der Waals surface area contributed by atoms with E-state index in [1.807, 2.05) is 6.07 Å². The Morgan fingerprint density at radius 1 is 1.50 bits per heavy atom. The molecule has 0 aromatic carbocycles. The van der Waals surface area contributed by atoms with Gasteiger partial charge in [-0.25, -0.2) is 13.4 Å². The van der Waals surface area contributed by atoms with Crippen molar-refractivity contribution >= 4 is 15.9 Å². The summed E-state index contributed by atoms with van der Waals surface area (Å²) in [6.45, 7) is 0.448. The highest BCUT2D eigenvalue weighted by molar-refractivity contribution is 7.89. The van der Waals surface area contributed by atoms with E-state index < -0.39 is 21.8 Å². The molecular formula is C12H14N4O3S. The summed E-state index contributed by atoms with van der Waals surface area (Å²) in [6.07, 6.45) is 2.35. The van der Waals surface area contributed by atoms with Crippen molar-refractivity contribution in [3.05, 3.63) is 24.0 Å². The van der Waals surface area contributed by atoms with Crippen LogP contribution in [0.15, 0.2) is 23.2 Å². The maximum Gasteiger partial charge on any atom is 0.244 e. The number of rotatable bonds is 3. The molecule has 1 unspecified atom stereocenters. The van der Waals surface area contributed by atoms with Crippen LogP contribution >= 0.6 is 0 Å².